The van der Waals surface area contributed by atoms with Gasteiger partial charge in [0, 0.05) is 19.3 Å². The number of piperidine rings is 1. The van der Waals surface area contributed by atoms with Crippen LogP contribution in [-0.2, 0) is 6.54 Å². The molecule has 1 atom stereocenters. The first kappa shape index (κ1) is 15.5. The van der Waals surface area contributed by atoms with Gasteiger partial charge in [-0.3, -0.25) is 4.68 Å². The van der Waals surface area contributed by atoms with E-state index < -0.39 is 0 Å². The molecule has 1 aromatic rings. The molecule has 0 aromatic carbocycles. The number of likely N-dealkylation sites (tertiary alicyclic amines) is 1. The largest absolute Gasteiger partial charge is 0.311 e. The van der Waals surface area contributed by atoms with Crippen molar-refractivity contribution in [2.45, 2.75) is 52.1 Å². The Morgan fingerprint density at radius 2 is 2.20 bits per heavy atom. The number of rotatable bonds is 7. The summed E-state index contributed by atoms with van der Waals surface area (Å²) in [6.45, 7) is 8.96. The van der Waals surface area contributed by atoms with E-state index in [2.05, 4.69) is 48.1 Å². The highest BCUT2D eigenvalue weighted by Gasteiger charge is 2.16. The van der Waals surface area contributed by atoms with Gasteiger partial charge >= 0.3 is 0 Å². The first-order valence-electron chi connectivity index (χ1n) is 8.16. The summed E-state index contributed by atoms with van der Waals surface area (Å²) in [4.78, 5) is 2.44. The van der Waals surface area contributed by atoms with Crippen LogP contribution in [0.25, 0.3) is 0 Å². The SMILES string of the molecule is CCC(CC)n1ccc(CNCC2CCCN(C)C2)n1. The summed E-state index contributed by atoms with van der Waals surface area (Å²) in [5.41, 5.74) is 1.17. The van der Waals surface area contributed by atoms with Crippen LogP contribution in [0.1, 0.15) is 51.3 Å². The molecule has 0 bridgehead atoms. The summed E-state index contributed by atoms with van der Waals surface area (Å²) < 4.78 is 2.13. The van der Waals surface area contributed by atoms with Crippen LogP contribution in [0, 0.1) is 5.92 Å². The lowest BCUT2D eigenvalue weighted by atomic mass is 9.98. The molecule has 1 fully saturated rings. The molecule has 0 saturated carbocycles. The number of aromatic nitrogens is 2. The van der Waals surface area contributed by atoms with Gasteiger partial charge in [0.15, 0.2) is 0 Å². The highest BCUT2D eigenvalue weighted by atomic mass is 15.3. The molecule has 0 amide bonds. The Hall–Kier alpha value is -0.870. The van der Waals surface area contributed by atoms with Gasteiger partial charge < -0.3 is 10.2 Å². The first-order chi connectivity index (χ1) is 9.72. The van der Waals surface area contributed by atoms with E-state index in [1.165, 1.54) is 31.6 Å². The van der Waals surface area contributed by atoms with E-state index in [0.29, 0.717) is 6.04 Å². The summed E-state index contributed by atoms with van der Waals surface area (Å²) in [7, 11) is 2.23. The van der Waals surface area contributed by atoms with Gasteiger partial charge in [-0.15, -0.1) is 0 Å². The predicted octanol–water partition coefficient (Wildman–Crippen LogP) is 2.68. The number of hydrogen-bond acceptors (Lipinski definition) is 3. The fraction of sp³-hybridized carbons (Fsp3) is 0.812. The predicted molar refractivity (Wildman–Crippen MR) is 83.8 cm³/mol. The maximum absolute atomic E-state index is 4.69. The molecule has 4 heteroatoms. The minimum Gasteiger partial charge on any atom is -0.311 e. The Labute approximate surface area is 123 Å². The summed E-state index contributed by atoms with van der Waals surface area (Å²) in [6.07, 6.45) is 7.13. The second kappa shape index (κ2) is 7.79. The molecule has 1 aromatic heterocycles. The zero-order chi connectivity index (χ0) is 14.4. The topological polar surface area (TPSA) is 33.1 Å². The molecule has 4 nitrogen and oxygen atoms in total. The quantitative estimate of drug-likeness (QED) is 0.832. The van der Waals surface area contributed by atoms with Gasteiger partial charge in [0.1, 0.15) is 0 Å². The normalized spacial score (nSPS) is 20.7. The van der Waals surface area contributed by atoms with Gasteiger partial charge in [-0.25, -0.2) is 0 Å². The number of hydrogen-bond donors (Lipinski definition) is 1. The lowest BCUT2D eigenvalue weighted by molar-refractivity contribution is 0.206. The summed E-state index contributed by atoms with van der Waals surface area (Å²) >= 11 is 0. The van der Waals surface area contributed by atoms with E-state index >= 15 is 0 Å². The van der Waals surface area contributed by atoms with Crippen LogP contribution in [0.2, 0.25) is 0 Å². The molecule has 1 aliphatic heterocycles. The van der Waals surface area contributed by atoms with E-state index in [1.54, 1.807) is 0 Å². The van der Waals surface area contributed by atoms with Crippen molar-refractivity contribution in [3.63, 3.8) is 0 Å². The summed E-state index contributed by atoms with van der Waals surface area (Å²) in [5, 5.41) is 8.27. The molecule has 1 saturated heterocycles. The fourth-order valence-corrected chi connectivity index (χ4v) is 3.18. The van der Waals surface area contributed by atoms with Gasteiger partial charge in [-0.1, -0.05) is 13.8 Å². The minimum absolute atomic E-state index is 0.552. The molecular formula is C16H30N4. The monoisotopic (exact) mass is 278 g/mol. The molecule has 20 heavy (non-hydrogen) atoms. The molecule has 2 rings (SSSR count). The van der Waals surface area contributed by atoms with Crippen molar-refractivity contribution in [1.82, 2.24) is 20.0 Å². The van der Waals surface area contributed by atoms with Gasteiger partial charge in [-0.05, 0) is 57.8 Å². The standard InChI is InChI=1S/C16H30N4/c1-4-16(5-2)20-10-8-15(18-20)12-17-11-14-7-6-9-19(3)13-14/h8,10,14,16-17H,4-7,9,11-13H2,1-3H3. The van der Waals surface area contributed by atoms with Gasteiger partial charge in [0.2, 0.25) is 0 Å². The lowest BCUT2D eigenvalue weighted by Crippen LogP contribution is -2.37. The Kier molecular flexibility index (Phi) is 6.05. The molecule has 0 aliphatic carbocycles. The van der Waals surface area contributed by atoms with E-state index in [1.807, 2.05) is 0 Å². The van der Waals surface area contributed by atoms with Crippen molar-refractivity contribution in [2.24, 2.45) is 5.92 Å². The summed E-state index contributed by atoms with van der Waals surface area (Å²) in [6, 6.07) is 2.70. The minimum atomic E-state index is 0.552. The van der Waals surface area contributed by atoms with Crippen LogP contribution in [0.15, 0.2) is 12.3 Å². The van der Waals surface area contributed by atoms with E-state index in [0.717, 1.165) is 31.8 Å². The second-order valence-electron chi connectivity index (χ2n) is 6.16. The van der Waals surface area contributed by atoms with Crippen molar-refractivity contribution in [3.05, 3.63) is 18.0 Å². The second-order valence-corrected chi connectivity index (χ2v) is 6.16. The van der Waals surface area contributed by atoms with Crippen LogP contribution in [0.3, 0.4) is 0 Å². The van der Waals surface area contributed by atoms with Crippen molar-refractivity contribution >= 4 is 0 Å². The maximum Gasteiger partial charge on any atom is 0.0762 e. The van der Waals surface area contributed by atoms with Crippen LogP contribution in [0.5, 0.6) is 0 Å². The van der Waals surface area contributed by atoms with E-state index in [4.69, 9.17) is 5.10 Å². The average molecular weight is 278 g/mol. The fourth-order valence-electron chi connectivity index (χ4n) is 3.18. The lowest BCUT2D eigenvalue weighted by Gasteiger charge is -2.29. The third-order valence-electron chi connectivity index (χ3n) is 4.44. The van der Waals surface area contributed by atoms with Crippen LogP contribution >= 0.6 is 0 Å². The molecular weight excluding hydrogens is 248 g/mol. The van der Waals surface area contributed by atoms with Crippen LogP contribution in [-0.4, -0.2) is 41.4 Å². The van der Waals surface area contributed by atoms with Crippen molar-refractivity contribution in [1.29, 1.82) is 0 Å². The molecule has 0 spiro atoms. The van der Waals surface area contributed by atoms with Crippen LogP contribution < -0.4 is 5.32 Å². The highest BCUT2D eigenvalue weighted by Crippen LogP contribution is 2.15. The molecule has 0 radical (unpaired) electrons. The third-order valence-corrected chi connectivity index (χ3v) is 4.44. The Balaban J connectivity index is 1.74. The maximum atomic E-state index is 4.69. The number of nitrogens with one attached hydrogen (secondary N) is 1. The molecule has 1 unspecified atom stereocenters. The zero-order valence-corrected chi connectivity index (χ0v) is 13.3. The Morgan fingerprint density at radius 1 is 1.40 bits per heavy atom. The van der Waals surface area contributed by atoms with Crippen molar-refractivity contribution in [3.8, 4) is 0 Å². The van der Waals surface area contributed by atoms with Gasteiger partial charge in [0.25, 0.3) is 0 Å². The van der Waals surface area contributed by atoms with Gasteiger partial charge in [0.05, 0.1) is 11.7 Å². The molecule has 114 valence electrons. The Morgan fingerprint density at radius 3 is 2.90 bits per heavy atom. The molecule has 2 heterocycles. The average Bonchev–Trinajstić information content (AvgIpc) is 2.89. The van der Waals surface area contributed by atoms with Crippen LogP contribution in [0.4, 0.5) is 0 Å². The first-order valence-corrected chi connectivity index (χ1v) is 8.16. The van der Waals surface area contributed by atoms with Crippen molar-refractivity contribution < 1.29 is 0 Å². The highest BCUT2D eigenvalue weighted by molar-refractivity contribution is 4.99. The summed E-state index contributed by atoms with van der Waals surface area (Å²) in [5.74, 6) is 0.801. The van der Waals surface area contributed by atoms with E-state index in [-0.39, 0.29) is 0 Å². The zero-order valence-electron chi connectivity index (χ0n) is 13.3. The van der Waals surface area contributed by atoms with E-state index in [9.17, 15) is 0 Å². The number of nitrogens with zero attached hydrogens (tertiary/aromatic N) is 3. The molecule has 1 N–H and O–H groups in total. The third kappa shape index (κ3) is 4.32. The smallest absolute Gasteiger partial charge is 0.0762 e. The molecule has 1 aliphatic rings. The van der Waals surface area contributed by atoms with Crippen molar-refractivity contribution in [2.75, 3.05) is 26.7 Å². The Bertz CT molecular complexity index is 384. The van der Waals surface area contributed by atoms with Gasteiger partial charge in [-0.2, -0.15) is 5.10 Å².